The van der Waals surface area contributed by atoms with Crippen LogP contribution in [0.25, 0.3) is 0 Å². The lowest BCUT2D eigenvalue weighted by Gasteiger charge is -2.61. The van der Waals surface area contributed by atoms with Gasteiger partial charge in [-0.25, -0.2) is 17.4 Å². The summed E-state index contributed by atoms with van der Waals surface area (Å²) in [6.07, 6.45) is 2.19. The van der Waals surface area contributed by atoms with Crippen LogP contribution >= 0.6 is 0 Å². The predicted molar refractivity (Wildman–Crippen MR) is 144 cm³/mol. The summed E-state index contributed by atoms with van der Waals surface area (Å²) >= 11 is 0. The molecule has 2 fully saturated rings. The van der Waals surface area contributed by atoms with Gasteiger partial charge in [0.2, 0.25) is 5.91 Å². The highest BCUT2D eigenvalue weighted by molar-refractivity contribution is 7.93. The first-order valence-electron chi connectivity index (χ1n) is 12.3. The third-order valence-corrected chi connectivity index (χ3v) is 9.95. The number of amides is 1. The smallest absolute Gasteiger partial charge is 0.264 e. The summed E-state index contributed by atoms with van der Waals surface area (Å²) in [5.74, 6) is 0.151. The van der Waals surface area contributed by atoms with Gasteiger partial charge in [0.15, 0.2) is 0 Å². The lowest BCUT2D eigenvalue weighted by atomic mass is 9.72. The van der Waals surface area contributed by atoms with Gasteiger partial charge in [0.25, 0.3) is 10.0 Å². The van der Waals surface area contributed by atoms with Crippen LogP contribution in [0.15, 0.2) is 52.3 Å². The van der Waals surface area contributed by atoms with Crippen LogP contribution in [0.2, 0.25) is 0 Å². The number of likely N-dealkylation sites (tertiary alicyclic amines) is 1. The maximum atomic E-state index is 13.8. The Balaban J connectivity index is 1.67. The number of rotatable bonds is 8. The Bertz CT molecular complexity index is 1360. The van der Waals surface area contributed by atoms with Gasteiger partial charge < -0.3 is 9.80 Å². The van der Waals surface area contributed by atoms with Crippen LogP contribution in [0.3, 0.4) is 0 Å². The molecule has 2 heterocycles. The van der Waals surface area contributed by atoms with Crippen molar-refractivity contribution in [1.82, 2.24) is 4.90 Å². The average Bonchev–Trinajstić information content (AvgIpc) is 2.74. The van der Waals surface area contributed by atoms with Gasteiger partial charge in [-0.3, -0.25) is 9.10 Å². The summed E-state index contributed by atoms with van der Waals surface area (Å²) in [5, 5.41) is 0. The Morgan fingerprint density at radius 3 is 2.17 bits per heavy atom. The zero-order valence-corrected chi connectivity index (χ0v) is 23.3. The molecule has 196 valence electrons. The minimum absolute atomic E-state index is 0.0308. The molecular formula is C26H36N4O4S2. The molecule has 1 unspecified atom stereocenters. The first-order chi connectivity index (χ1) is 16.8. The summed E-state index contributed by atoms with van der Waals surface area (Å²) < 4.78 is 50.4. The molecule has 36 heavy (non-hydrogen) atoms. The van der Waals surface area contributed by atoms with E-state index >= 15 is 0 Å². The van der Waals surface area contributed by atoms with Crippen LogP contribution in [0.1, 0.15) is 33.3 Å². The van der Waals surface area contributed by atoms with E-state index in [1.54, 1.807) is 24.0 Å². The number of carbonyl (C=O) groups is 1. The second kappa shape index (κ2) is 9.37. The van der Waals surface area contributed by atoms with E-state index in [0.717, 1.165) is 12.0 Å². The molecule has 2 saturated heterocycles. The van der Waals surface area contributed by atoms with E-state index in [1.807, 2.05) is 49.9 Å². The highest BCUT2D eigenvalue weighted by Crippen LogP contribution is 2.44. The number of nitrogens with one attached hydrogen (secondary N) is 1. The van der Waals surface area contributed by atoms with Crippen LogP contribution in [0, 0.1) is 16.1 Å². The van der Waals surface area contributed by atoms with Gasteiger partial charge in [-0.15, -0.1) is 0 Å². The Hall–Kier alpha value is -2.59. The van der Waals surface area contributed by atoms with E-state index in [4.69, 9.17) is 4.78 Å². The van der Waals surface area contributed by atoms with Crippen LogP contribution in [0.5, 0.6) is 0 Å². The Kier molecular flexibility index (Phi) is 6.89. The molecule has 10 heteroatoms. The molecule has 2 aromatic carbocycles. The Morgan fingerprint density at radius 1 is 1.06 bits per heavy atom. The molecule has 0 aromatic heterocycles. The Morgan fingerprint density at radius 2 is 1.67 bits per heavy atom. The SMILES string of the molecule is CCc1ccc(N(CC(C)C)S(=O)(=O)c2ccc(N3CC4(CN(C(C)=O)C4)C3)c(S(C)(=N)=O)c2)cc1. The van der Waals surface area contributed by atoms with E-state index in [1.165, 1.54) is 16.6 Å². The fourth-order valence-corrected chi connectivity index (χ4v) is 7.72. The largest absolute Gasteiger partial charge is 0.369 e. The number of nitrogens with zero attached hydrogens (tertiary/aromatic N) is 3. The quantitative estimate of drug-likeness (QED) is 0.557. The minimum atomic E-state index is -3.95. The average molecular weight is 533 g/mol. The number of hydrogen-bond acceptors (Lipinski definition) is 6. The van der Waals surface area contributed by atoms with Crippen LogP contribution in [0.4, 0.5) is 11.4 Å². The Labute approximate surface area is 215 Å². The van der Waals surface area contributed by atoms with Gasteiger partial charge in [-0.1, -0.05) is 32.9 Å². The number of sulfonamides is 1. The number of anilines is 2. The van der Waals surface area contributed by atoms with Gasteiger partial charge in [0, 0.05) is 51.3 Å². The standard InChI is InChI=1S/C26H36N4O4S2/c1-6-21-7-9-22(10-8-21)30(14-19(2)3)36(33,34)23-11-12-24(25(13-23)35(5,27)32)29-17-26(18-29)15-28(16-26)20(4)31/h7-13,19,27H,6,14-18H2,1-5H3. The molecule has 1 amide bonds. The van der Waals surface area contributed by atoms with Gasteiger partial charge in [-0.05, 0) is 48.2 Å². The molecule has 0 radical (unpaired) electrons. The van der Waals surface area contributed by atoms with Crippen molar-refractivity contribution >= 4 is 37.0 Å². The van der Waals surface area contributed by atoms with Crippen molar-refractivity contribution in [1.29, 1.82) is 4.78 Å². The van der Waals surface area contributed by atoms with Crippen molar-refractivity contribution < 1.29 is 17.4 Å². The molecular weight excluding hydrogens is 496 g/mol. The molecule has 2 aromatic rings. The van der Waals surface area contributed by atoms with Crippen LogP contribution < -0.4 is 9.21 Å². The van der Waals surface area contributed by atoms with Crippen molar-refractivity contribution in [3.8, 4) is 0 Å². The third kappa shape index (κ3) is 4.98. The zero-order valence-electron chi connectivity index (χ0n) is 21.7. The molecule has 0 bridgehead atoms. The van der Waals surface area contributed by atoms with Crippen molar-refractivity contribution in [2.75, 3.05) is 48.2 Å². The minimum Gasteiger partial charge on any atom is -0.369 e. The maximum absolute atomic E-state index is 13.8. The predicted octanol–water partition coefficient (Wildman–Crippen LogP) is 3.80. The molecule has 1 atom stereocenters. The van der Waals surface area contributed by atoms with Crippen molar-refractivity contribution in [3.63, 3.8) is 0 Å². The third-order valence-electron chi connectivity index (χ3n) is 6.99. The van der Waals surface area contributed by atoms with Gasteiger partial charge in [-0.2, -0.15) is 0 Å². The summed E-state index contributed by atoms with van der Waals surface area (Å²) in [6, 6.07) is 12.2. The number of aryl methyl sites for hydroxylation is 1. The molecule has 1 N–H and O–H groups in total. The van der Waals surface area contributed by atoms with Crippen molar-refractivity contribution in [3.05, 3.63) is 48.0 Å². The fraction of sp³-hybridized carbons (Fsp3) is 0.500. The van der Waals surface area contributed by atoms with Crippen LogP contribution in [-0.4, -0.2) is 62.4 Å². The van der Waals surface area contributed by atoms with E-state index in [9.17, 15) is 17.4 Å². The normalized spacial score (nSPS) is 18.5. The molecule has 1 spiro atoms. The van der Waals surface area contributed by atoms with Gasteiger partial charge in [0.1, 0.15) is 0 Å². The van der Waals surface area contributed by atoms with Gasteiger partial charge >= 0.3 is 0 Å². The second-order valence-corrected chi connectivity index (χ2v) is 14.6. The van der Waals surface area contributed by atoms with E-state index in [2.05, 4.69) is 0 Å². The van der Waals surface area contributed by atoms with E-state index in [-0.39, 0.29) is 27.0 Å². The second-order valence-electron chi connectivity index (χ2n) is 10.7. The first kappa shape index (κ1) is 26.5. The fourth-order valence-electron chi connectivity index (χ4n) is 5.05. The number of hydrogen-bond donors (Lipinski definition) is 1. The summed E-state index contributed by atoms with van der Waals surface area (Å²) in [7, 11) is -7.15. The highest BCUT2D eigenvalue weighted by Gasteiger charge is 2.53. The maximum Gasteiger partial charge on any atom is 0.264 e. The van der Waals surface area contributed by atoms with E-state index in [0.29, 0.717) is 44.1 Å². The molecule has 0 aliphatic carbocycles. The molecule has 4 rings (SSSR count). The van der Waals surface area contributed by atoms with Crippen molar-refractivity contribution in [2.45, 2.75) is 43.9 Å². The molecule has 8 nitrogen and oxygen atoms in total. The van der Waals surface area contributed by atoms with Gasteiger partial charge in [0.05, 0.1) is 30.9 Å². The first-order valence-corrected chi connectivity index (χ1v) is 15.7. The molecule has 2 aliphatic rings. The summed E-state index contributed by atoms with van der Waals surface area (Å²) in [5.41, 5.74) is 2.37. The highest BCUT2D eigenvalue weighted by atomic mass is 32.2. The van der Waals surface area contributed by atoms with E-state index < -0.39 is 19.8 Å². The molecule has 0 saturated carbocycles. The van der Waals surface area contributed by atoms with Crippen LogP contribution in [-0.2, 0) is 31.0 Å². The summed E-state index contributed by atoms with van der Waals surface area (Å²) in [4.78, 5) is 15.7. The zero-order chi connectivity index (χ0) is 26.5. The lowest BCUT2D eigenvalue weighted by molar-refractivity contribution is -0.142. The summed E-state index contributed by atoms with van der Waals surface area (Å²) in [6.45, 7) is 10.6. The molecule has 2 aliphatic heterocycles. The monoisotopic (exact) mass is 532 g/mol. The lowest BCUT2D eigenvalue weighted by Crippen LogP contribution is -2.73. The topological polar surface area (TPSA) is 102 Å². The van der Waals surface area contributed by atoms with Crippen molar-refractivity contribution in [2.24, 2.45) is 11.3 Å². The number of benzene rings is 2. The number of carbonyl (C=O) groups excluding carboxylic acids is 1.